The fourth-order valence-electron chi connectivity index (χ4n) is 4.76. The number of aromatic amines is 1. The highest BCUT2D eigenvalue weighted by Gasteiger charge is 2.41. The van der Waals surface area contributed by atoms with Gasteiger partial charge in [-0.05, 0) is 56.1 Å². The van der Waals surface area contributed by atoms with E-state index in [0.29, 0.717) is 31.6 Å². The van der Waals surface area contributed by atoms with Crippen LogP contribution in [0.15, 0.2) is 30.3 Å². The zero-order valence-electron chi connectivity index (χ0n) is 20.0. The van der Waals surface area contributed by atoms with Crippen molar-refractivity contribution in [3.8, 4) is 5.75 Å². The van der Waals surface area contributed by atoms with Crippen molar-refractivity contribution in [2.75, 3.05) is 46.1 Å². The summed E-state index contributed by atoms with van der Waals surface area (Å²) in [7, 11) is 0. The third-order valence-corrected chi connectivity index (χ3v) is 6.44. The average Bonchev–Trinajstić information content (AvgIpc) is 3.21. The molecule has 1 aliphatic heterocycles. The largest absolute Gasteiger partial charge is 0.489 e. The zero-order chi connectivity index (χ0) is 25.9. The van der Waals surface area contributed by atoms with Crippen molar-refractivity contribution in [2.45, 2.75) is 31.7 Å². The molecule has 0 amide bonds. The molecule has 0 saturated carbocycles. The smallest absolute Gasteiger partial charge is 0.283 e. The molecule has 1 aliphatic rings. The van der Waals surface area contributed by atoms with Crippen LogP contribution in [0.3, 0.4) is 0 Å². The number of aromatic nitrogens is 1. The van der Waals surface area contributed by atoms with Crippen LogP contribution in [-0.2, 0) is 6.42 Å². The number of alkyl halides is 3. The third kappa shape index (κ3) is 5.50. The van der Waals surface area contributed by atoms with Crippen molar-refractivity contribution in [3.05, 3.63) is 64.4 Å². The summed E-state index contributed by atoms with van der Waals surface area (Å²) in [6.07, 6.45) is 0.748. The summed E-state index contributed by atoms with van der Waals surface area (Å²) in [5, 5.41) is 13.0. The molecule has 2 aromatic carbocycles. The molecule has 5 nitrogen and oxygen atoms in total. The first-order valence-electron chi connectivity index (χ1n) is 12.0. The molecule has 4 rings (SSSR count). The molecule has 0 aliphatic carbocycles. The maximum Gasteiger partial charge on any atom is 0.283 e. The fourth-order valence-corrected chi connectivity index (χ4v) is 4.76. The summed E-state index contributed by atoms with van der Waals surface area (Å²) in [5.41, 5.74) is 2.63. The van der Waals surface area contributed by atoms with Gasteiger partial charge in [-0.1, -0.05) is 11.6 Å². The second-order valence-electron chi connectivity index (χ2n) is 9.12. The van der Waals surface area contributed by atoms with Gasteiger partial charge in [0.1, 0.15) is 19.0 Å². The number of rotatable bonds is 11. The van der Waals surface area contributed by atoms with Crippen molar-refractivity contribution in [2.24, 2.45) is 0 Å². The van der Waals surface area contributed by atoms with Crippen LogP contribution in [0.25, 0.3) is 10.9 Å². The number of aryl methyl sites for hydroxylation is 1. The standard InChI is InChI=1S/C26H30F5N3O2/c1-16-3-5-20-18(13-16)17-7-11-34(14-26(30,31)15-35)25(24(17)33-20)22-19(28)4-6-21(23(22)29)36-12-10-32-9-2-8-27/h3-6,13,25,32-33,35H,2,7-12,14-15H2,1H3. The van der Waals surface area contributed by atoms with Crippen molar-refractivity contribution < 1.29 is 31.8 Å². The zero-order valence-corrected chi connectivity index (χ0v) is 20.0. The Labute approximate surface area is 206 Å². The van der Waals surface area contributed by atoms with Gasteiger partial charge in [0.25, 0.3) is 5.92 Å². The number of benzene rings is 2. The number of nitrogens with zero attached hydrogens (tertiary/aromatic N) is 1. The van der Waals surface area contributed by atoms with E-state index in [9.17, 15) is 18.3 Å². The van der Waals surface area contributed by atoms with Gasteiger partial charge >= 0.3 is 0 Å². The Morgan fingerprint density at radius 3 is 2.75 bits per heavy atom. The Hall–Kier alpha value is -2.69. The van der Waals surface area contributed by atoms with E-state index < -0.39 is 49.0 Å². The maximum atomic E-state index is 15.7. The average molecular weight is 512 g/mol. The second-order valence-corrected chi connectivity index (χ2v) is 9.12. The van der Waals surface area contributed by atoms with Gasteiger partial charge < -0.3 is 20.1 Å². The second kappa shape index (κ2) is 11.1. The Morgan fingerprint density at radius 2 is 2.00 bits per heavy atom. The van der Waals surface area contributed by atoms with E-state index in [1.807, 2.05) is 25.1 Å². The van der Waals surface area contributed by atoms with Gasteiger partial charge in [-0.2, -0.15) is 0 Å². The van der Waals surface area contributed by atoms with Crippen molar-refractivity contribution >= 4 is 10.9 Å². The molecule has 10 heteroatoms. The molecule has 0 bridgehead atoms. The first-order chi connectivity index (χ1) is 17.3. The van der Waals surface area contributed by atoms with Crippen LogP contribution in [0.2, 0.25) is 0 Å². The van der Waals surface area contributed by atoms with Crippen LogP contribution in [0.4, 0.5) is 22.0 Å². The van der Waals surface area contributed by atoms with E-state index in [0.717, 1.165) is 28.1 Å². The molecule has 0 saturated heterocycles. The number of nitrogens with one attached hydrogen (secondary N) is 2. The predicted octanol–water partition coefficient (Wildman–Crippen LogP) is 4.66. The Kier molecular flexibility index (Phi) is 8.17. The van der Waals surface area contributed by atoms with E-state index in [4.69, 9.17) is 4.74 Å². The molecular weight excluding hydrogens is 481 g/mol. The van der Waals surface area contributed by atoms with Gasteiger partial charge in [0.05, 0.1) is 24.8 Å². The van der Waals surface area contributed by atoms with E-state index >= 15 is 8.78 Å². The number of aliphatic hydroxyl groups excluding tert-OH is 1. The van der Waals surface area contributed by atoms with Gasteiger partial charge in [-0.3, -0.25) is 9.29 Å². The summed E-state index contributed by atoms with van der Waals surface area (Å²) in [5.74, 6) is -5.51. The SMILES string of the molecule is Cc1ccc2[nH]c3c(c2c1)CCN(CC(F)(F)CO)C3c1c(F)ccc(OCCNCCCF)c1F. The third-order valence-electron chi connectivity index (χ3n) is 6.44. The number of ether oxygens (including phenoxy) is 1. The minimum atomic E-state index is -3.45. The highest BCUT2D eigenvalue weighted by atomic mass is 19.3. The minimum absolute atomic E-state index is 0.0577. The number of hydrogen-bond donors (Lipinski definition) is 3. The van der Waals surface area contributed by atoms with E-state index in [2.05, 4.69) is 10.3 Å². The predicted molar refractivity (Wildman–Crippen MR) is 128 cm³/mol. The topological polar surface area (TPSA) is 60.5 Å². The number of fused-ring (bicyclic) bond motifs is 3. The number of halogens is 5. The van der Waals surface area contributed by atoms with Gasteiger partial charge in [0, 0.05) is 29.7 Å². The molecule has 1 unspecified atom stereocenters. The molecule has 0 fully saturated rings. The van der Waals surface area contributed by atoms with Crippen LogP contribution >= 0.6 is 0 Å². The van der Waals surface area contributed by atoms with Crippen LogP contribution in [0, 0.1) is 18.6 Å². The first kappa shape index (κ1) is 26.4. The molecule has 0 radical (unpaired) electrons. The quantitative estimate of drug-likeness (QED) is 0.259. The Bertz CT molecular complexity index is 1200. The van der Waals surface area contributed by atoms with Crippen molar-refractivity contribution in [1.29, 1.82) is 0 Å². The molecule has 3 aromatic rings. The van der Waals surface area contributed by atoms with Gasteiger partial charge in [-0.25, -0.2) is 17.6 Å². The monoisotopic (exact) mass is 511 g/mol. The molecule has 36 heavy (non-hydrogen) atoms. The Balaban J connectivity index is 1.73. The lowest BCUT2D eigenvalue weighted by atomic mass is 9.91. The van der Waals surface area contributed by atoms with Crippen molar-refractivity contribution in [1.82, 2.24) is 15.2 Å². The summed E-state index contributed by atoms with van der Waals surface area (Å²) < 4.78 is 77.3. The van der Waals surface area contributed by atoms with E-state index in [-0.39, 0.29) is 18.9 Å². The van der Waals surface area contributed by atoms with Crippen LogP contribution in [0.5, 0.6) is 5.75 Å². The first-order valence-corrected chi connectivity index (χ1v) is 12.0. The molecule has 2 heterocycles. The van der Waals surface area contributed by atoms with Gasteiger partial charge in [0.2, 0.25) is 0 Å². The molecule has 1 atom stereocenters. The van der Waals surface area contributed by atoms with E-state index in [1.54, 1.807) is 0 Å². The summed E-state index contributed by atoms with van der Waals surface area (Å²) in [4.78, 5) is 4.50. The molecule has 3 N–H and O–H groups in total. The molecule has 0 spiro atoms. The number of H-pyrrole nitrogens is 1. The lowest BCUT2D eigenvalue weighted by molar-refractivity contribution is -0.0792. The summed E-state index contributed by atoms with van der Waals surface area (Å²) in [6, 6.07) is 6.77. The van der Waals surface area contributed by atoms with Crippen LogP contribution in [-0.4, -0.2) is 67.0 Å². The van der Waals surface area contributed by atoms with Crippen molar-refractivity contribution in [3.63, 3.8) is 0 Å². The number of hydrogen-bond acceptors (Lipinski definition) is 4. The van der Waals surface area contributed by atoms with Gasteiger partial charge in [-0.15, -0.1) is 0 Å². The lowest BCUT2D eigenvalue weighted by Gasteiger charge is -2.38. The lowest BCUT2D eigenvalue weighted by Crippen LogP contribution is -2.45. The fraction of sp³-hybridized carbons (Fsp3) is 0.462. The summed E-state index contributed by atoms with van der Waals surface area (Å²) >= 11 is 0. The summed E-state index contributed by atoms with van der Waals surface area (Å²) in [6.45, 7) is 0.180. The highest BCUT2D eigenvalue weighted by Crippen LogP contribution is 2.42. The van der Waals surface area contributed by atoms with E-state index in [1.165, 1.54) is 11.0 Å². The van der Waals surface area contributed by atoms with Crippen LogP contribution < -0.4 is 10.1 Å². The maximum absolute atomic E-state index is 15.7. The normalized spacial score (nSPS) is 16.5. The van der Waals surface area contributed by atoms with Gasteiger partial charge in [0.15, 0.2) is 11.6 Å². The molecular formula is C26H30F5N3O2. The highest BCUT2D eigenvalue weighted by molar-refractivity contribution is 5.86. The van der Waals surface area contributed by atoms with Crippen LogP contribution in [0.1, 0.15) is 34.8 Å². The number of aliphatic hydroxyl groups is 1. The molecule has 196 valence electrons. The molecule has 1 aromatic heterocycles. The Morgan fingerprint density at radius 1 is 1.19 bits per heavy atom. The minimum Gasteiger partial charge on any atom is -0.489 e.